The van der Waals surface area contributed by atoms with Crippen molar-refractivity contribution in [3.8, 4) is 22.8 Å². The second kappa shape index (κ2) is 9.84. The van der Waals surface area contributed by atoms with Crippen LogP contribution in [0, 0.1) is 0 Å². The number of piperidine rings is 1. The van der Waals surface area contributed by atoms with Crippen molar-refractivity contribution in [1.82, 2.24) is 9.47 Å². The molecule has 1 aliphatic carbocycles. The second-order valence-corrected chi connectivity index (χ2v) is 8.96. The number of rotatable bonds is 6. The fraction of sp³-hybridized carbons (Fsp3) is 0.400. The predicted molar refractivity (Wildman–Crippen MR) is 134 cm³/mol. The summed E-state index contributed by atoms with van der Waals surface area (Å²) in [4.78, 5) is 17.5. The maximum Gasteiger partial charge on any atom is 0.259 e. The van der Waals surface area contributed by atoms with Gasteiger partial charge < -0.3 is 18.9 Å². The summed E-state index contributed by atoms with van der Waals surface area (Å²) in [5.41, 5.74) is 4.46. The van der Waals surface area contributed by atoms with E-state index in [4.69, 9.17) is 21.1 Å². The normalized spacial score (nSPS) is 16.1. The van der Waals surface area contributed by atoms with Gasteiger partial charge in [-0.05, 0) is 50.2 Å². The van der Waals surface area contributed by atoms with E-state index in [9.17, 15) is 4.79 Å². The lowest BCUT2D eigenvalue weighted by atomic mass is 10.1. The molecular weight excluding hydrogens is 461 g/mol. The Morgan fingerprint density at radius 1 is 1.03 bits per heavy atom. The maximum atomic E-state index is 13.3. The summed E-state index contributed by atoms with van der Waals surface area (Å²) in [5, 5.41) is 0.667. The Hall–Kier alpha value is -2.41. The van der Waals surface area contributed by atoms with Gasteiger partial charge in [0.15, 0.2) is 11.5 Å². The molecule has 1 amide bonds. The highest BCUT2D eigenvalue weighted by atomic mass is 35.5. The Bertz CT molecular complexity index is 1120. The summed E-state index contributed by atoms with van der Waals surface area (Å²) in [6, 6.07) is 9.47. The van der Waals surface area contributed by atoms with Gasteiger partial charge in [-0.25, -0.2) is 0 Å². The molecule has 176 valence electrons. The minimum absolute atomic E-state index is 0. The van der Waals surface area contributed by atoms with E-state index in [1.165, 1.54) is 19.3 Å². The van der Waals surface area contributed by atoms with E-state index in [2.05, 4.69) is 4.90 Å². The third-order valence-electron chi connectivity index (χ3n) is 6.57. The number of methoxy groups -OCH3 is 1. The molecule has 1 fully saturated rings. The summed E-state index contributed by atoms with van der Waals surface area (Å²) in [7, 11) is 3.62. The highest BCUT2D eigenvalue weighted by Crippen LogP contribution is 2.43. The molecule has 3 heterocycles. The first kappa shape index (κ1) is 23.7. The molecule has 0 bridgehead atoms. The van der Waals surface area contributed by atoms with Gasteiger partial charge in [0.05, 0.1) is 24.4 Å². The Labute approximate surface area is 205 Å². The van der Waals surface area contributed by atoms with E-state index in [-0.39, 0.29) is 18.3 Å². The average Bonchev–Trinajstić information content (AvgIpc) is 3.35. The molecule has 33 heavy (non-hydrogen) atoms. The van der Waals surface area contributed by atoms with E-state index in [0.29, 0.717) is 35.2 Å². The standard InChI is InChI=1S/C25H28ClN3O3.ClH/c1-27-11-8-21(26)19-15-18-20(24(19)27)16-29(25(18)30)17-6-7-22(31-2)23(14-17)32-13-12-28-9-4-3-5-10-28;/h6-8,11,14-15H,3-5,9-10,12-13,16H2,1-2H3;1H. The monoisotopic (exact) mass is 489 g/mol. The zero-order chi connectivity index (χ0) is 22.2. The number of fused-ring (bicyclic) bond motifs is 3. The Balaban J connectivity index is 0.00000259. The van der Waals surface area contributed by atoms with E-state index < -0.39 is 0 Å². The first-order valence-electron chi connectivity index (χ1n) is 11.2. The molecule has 6 nitrogen and oxygen atoms in total. The van der Waals surface area contributed by atoms with Crippen molar-refractivity contribution in [2.75, 3.05) is 38.3 Å². The number of amides is 1. The lowest BCUT2D eigenvalue weighted by Crippen LogP contribution is -2.33. The first-order chi connectivity index (χ1) is 15.6. The SMILES string of the molecule is COc1ccc(N2Cc3c(cc4c(Cl)ccn(C)c3-4)C2=O)cc1OCCN1CCCCC1.Cl. The lowest BCUT2D eigenvalue weighted by Gasteiger charge is -2.26. The van der Waals surface area contributed by atoms with Gasteiger partial charge in [-0.2, -0.15) is 0 Å². The summed E-state index contributed by atoms with van der Waals surface area (Å²) in [6.07, 6.45) is 5.77. The largest absolute Gasteiger partial charge is 0.493 e. The van der Waals surface area contributed by atoms with Gasteiger partial charge in [-0.1, -0.05) is 18.0 Å². The average molecular weight is 490 g/mol. The number of carbonyl (C=O) groups is 1. The number of anilines is 1. The van der Waals surface area contributed by atoms with Crippen molar-refractivity contribution in [2.24, 2.45) is 7.05 Å². The molecule has 0 N–H and O–H groups in total. The van der Waals surface area contributed by atoms with Gasteiger partial charge >= 0.3 is 0 Å². The van der Waals surface area contributed by atoms with Crippen molar-refractivity contribution in [2.45, 2.75) is 25.8 Å². The fourth-order valence-electron chi connectivity index (χ4n) is 4.86. The molecule has 1 aromatic carbocycles. The van der Waals surface area contributed by atoms with Gasteiger partial charge in [0, 0.05) is 48.2 Å². The van der Waals surface area contributed by atoms with Crippen molar-refractivity contribution in [3.63, 3.8) is 0 Å². The van der Waals surface area contributed by atoms with E-state index >= 15 is 0 Å². The highest BCUT2D eigenvalue weighted by molar-refractivity contribution is 6.33. The summed E-state index contributed by atoms with van der Waals surface area (Å²) < 4.78 is 13.6. The third kappa shape index (κ3) is 4.39. The Morgan fingerprint density at radius 3 is 2.58 bits per heavy atom. The van der Waals surface area contributed by atoms with E-state index in [1.807, 2.05) is 48.1 Å². The molecule has 3 aliphatic heterocycles. The van der Waals surface area contributed by atoms with E-state index in [0.717, 1.165) is 42.1 Å². The molecule has 0 saturated carbocycles. The number of ether oxygens (including phenoxy) is 2. The van der Waals surface area contributed by atoms with Crippen LogP contribution in [0.3, 0.4) is 0 Å². The lowest BCUT2D eigenvalue weighted by molar-refractivity contribution is 0.0996. The summed E-state index contributed by atoms with van der Waals surface area (Å²) in [5.74, 6) is 1.33. The number of hydrogen-bond donors (Lipinski definition) is 0. The van der Waals surface area contributed by atoms with Crippen LogP contribution in [-0.4, -0.2) is 48.7 Å². The topological polar surface area (TPSA) is 46.9 Å². The van der Waals surface area contributed by atoms with Crippen LogP contribution in [0.15, 0.2) is 36.5 Å². The summed E-state index contributed by atoms with van der Waals surface area (Å²) in [6.45, 7) is 4.27. The quantitative estimate of drug-likeness (QED) is 0.474. The van der Waals surface area contributed by atoms with Crippen LogP contribution in [-0.2, 0) is 13.6 Å². The Morgan fingerprint density at radius 2 is 1.82 bits per heavy atom. The molecule has 0 unspecified atom stereocenters. The molecule has 0 aromatic heterocycles. The van der Waals surface area contributed by atoms with Gasteiger partial charge in [-0.15, -0.1) is 12.4 Å². The van der Waals surface area contributed by atoms with Gasteiger partial charge in [0.25, 0.3) is 5.91 Å². The molecule has 4 aliphatic rings. The second-order valence-electron chi connectivity index (χ2n) is 8.55. The molecule has 0 atom stereocenters. The van der Waals surface area contributed by atoms with Gasteiger partial charge in [-0.3, -0.25) is 9.69 Å². The number of aromatic nitrogens is 1. The van der Waals surface area contributed by atoms with Crippen LogP contribution >= 0.6 is 24.0 Å². The zero-order valence-corrected chi connectivity index (χ0v) is 20.5. The molecule has 1 aromatic rings. The maximum absolute atomic E-state index is 13.3. The van der Waals surface area contributed by atoms with Crippen LogP contribution in [0.5, 0.6) is 11.5 Å². The smallest absolute Gasteiger partial charge is 0.259 e. The first-order valence-corrected chi connectivity index (χ1v) is 11.6. The number of halogens is 2. The van der Waals surface area contributed by atoms with Gasteiger partial charge in [0.1, 0.15) is 6.61 Å². The van der Waals surface area contributed by atoms with Crippen molar-refractivity contribution in [3.05, 3.63) is 52.7 Å². The van der Waals surface area contributed by atoms with Crippen LogP contribution < -0.4 is 14.4 Å². The summed E-state index contributed by atoms with van der Waals surface area (Å²) >= 11 is 6.38. The number of pyridine rings is 1. The molecule has 0 radical (unpaired) electrons. The third-order valence-corrected chi connectivity index (χ3v) is 6.90. The minimum Gasteiger partial charge on any atom is -0.493 e. The van der Waals surface area contributed by atoms with Crippen molar-refractivity contribution in [1.29, 1.82) is 0 Å². The molecule has 0 spiro atoms. The zero-order valence-electron chi connectivity index (χ0n) is 19.0. The van der Waals surface area contributed by atoms with Crippen molar-refractivity contribution >= 4 is 35.6 Å². The van der Waals surface area contributed by atoms with E-state index in [1.54, 1.807) is 12.0 Å². The molecule has 1 saturated heterocycles. The molecule has 8 heteroatoms. The number of likely N-dealkylation sites (tertiary alicyclic amines) is 1. The minimum atomic E-state index is -0.0169. The molecular formula is C25H29Cl2N3O3. The number of carbonyl (C=O) groups excluding carboxylic acids is 1. The number of benzene rings is 1. The number of hydrogen-bond acceptors (Lipinski definition) is 4. The van der Waals surface area contributed by atoms with Crippen LogP contribution in [0.25, 0.3) is 11.3 Å². The Kier molecular flexibility index (Phi) is 7.07. The number of nitrogens with zero attached hydrogens (tertiary/aromatic N) is 3. The van der Waals surface area contributed by atoms with Crippen LogP contribution in [0.4, 0.5) is 5.69 Å². The highest BCUT2D eigenvalue weighted by Gasteiger charge is 2.35. The van der Waals surface area contributed by atoms with Crippen LogP contribution in [0.1, 0.15) is 35.2 Å². The number of aryl methyl sites for hydroxylation is 1. The predicted octanol–water partition coefficient (Wildman–Crippen LogP) is 5.24. The van der Waals surface area contributed by atoms with Crippen molar-refractivity contribution < 1.29 is 14.3 Å². The molecule has 5 rings (SSSR count). The van der Waals surface area contributed by atoms with Crippen LogP contribution in [0.2, 0.25) is 5.02 Å². The van der Waals surface area contributed by atoms with Gasteiger partial charge in [0.2, 0.25) is 0 Å². The fourth-order valence-corrected chi connectivity index (χ4v) is 5.07.